The number of likely N-dealkylation sites (N-methyl/N-ethyl adjacent to an activating group) is 1. The van der Waals surface area contributed by atoms with E-state index in [0.717, 1.165) is 30.6 Å². The van der Waals surface area contributed by atoms with Crippen LogP contribution in [0.2, 0.25) is 5.02 Å². The largest absolute Gasteiger partial charge is 0.357 e. The van der Waals surface area contributed by atoms with Gasteiger partial charge in [-0.25, -0.2) is 0 Å². The quantitative estimate of drug-likeness (QED) is 0.751. The lowest BCUT2D eigenvalue weighted by Gasteiger charge is -2.51. The van der Waals surface area contributed by atoms with E-state index >= 15 is 0 Å². The van der Waals surface area contributed by atoms with Crippen molar-refractivity contribution in [2.75, 3.05) is 17.3 Å². The van der Waals surface area contributed by atoms with Gasteiger partial charge in [-0.1, -0.05) is 17.7 Å². The summed E-state index contributed by atoms with van der Waals surface area (Å²) in [6, 6.07) is 5.61. The smallest absolute Gasteiger partial charge is 0.250 e. The van der Waals surface area contributed by atoms with E-state index in [2.05, 4.69) is 5.32 Å². The molecule has 0 bridgehead atoms. The number of halogens is 1. The topological polar surface area (TPSA) is 32.3 Å². The summed E-state index contributed by atoms with van der Waals surface area (Å²) in [6.07, 6.45) is 2.94. The molecule has 0 unspecified atom stereocenters. The fraction of sp³-hybridized carbons (Fsp3) is 0.417. The molecule has 2 aliphatic rings. The zero-order valence-corrected chi connectivity index (χ0v) is 9.84. The van der Waals surface area contributed by atoms with Crippen LogP contribution in [-0.4, -0.2) is 18.5 Å². The molecule has 1 fully saturated rings. The maximum Gasteiger partial charge on any atom is 0.250 e. The molecule has 1 saturated carbocycles. The minimum Gasteiger partial charge on any atom is -0.357 e. The van der Waals surface area contributed by atoms with Crippen molar-refractivity contribution in [3.63, 3.8) is 0 Å². The summed E-state index contributed by atoms with van der Waals surface area (Å²) < 4.78 is 0. The van der Waals surface area contributed by atoms with E-state index in [9.17, 15) is 4.79 Å². The average molecular weight is 237 g/mol. The normalized spacial score (nSPS) is 21.4. The monoisotopic (exact) mass is 236 g/mol. The molecule has 1 aromatic carbocycles. The summed E-state index contributed by atoms with van der Waals surface area (Å²) >= 11 is 6.20. The van der Waals surface area contributed by atoms with Crippen LogP contribution >= 0.6 is 11.6 Å². The Morgan fingerprint density at radius 1 is 1.44 bits per heavy atom. The number of nitrogens with one attached hydrogen (secondary N) is 1. The van der Waals surface area contributed by atoms with Crippen molar-refractivity contribution in [1.82, 2.24) is 0 Å². The lowest BCUT2D eigenvalue weighted by Crippen LogP contribution is -2.62. The van der Waals surface area contributed by atoms with Crippen LogP contribution in [0.15, 0.2) is 18.2 Å². The van der Waals surface area contributed by atoms with E-state index < -0.39 is 0 Å². The molecule has 0 atom stereocenters. The number of carbonyl (C=O) groups excluding carboxylic acids is 1. The van der Waals surface area contributed by atoms with Crippen molar-refractivity contribution < 1.29 is 4.79 Å². The molecule has 84 valence electrons. The zero-order chi connectivity index (χ0) is 11.3. The number of fused-ring (bicyclic) bond motifs is 1. The highest BCUT2D eigenvalue weighted by Gasteiger charge is 2.51. The van der Waals surface area contributed by atoms with E-state index in [1.807, 2.05) is 30.1 Å². The summed E-state index contributed by atoms with van der Waals surface area (Å²) in [5, 5.41) is 3.66. The molecule has 0 radical (unpaired) electrons. The lowest BCUT2D eigenvalue weighted by molar-refractivity contribution is -0.124. The van der Waals surface area contributed by atoms with Gasteiger partial charge in [0.1, 0.15) is 5.54 Å². The molecule has 0 saturated heterocycles. The van der Waals surface area contributed by atoms with Gasteiger partial charge in [0.2, 0.25) is 5.91 Å². The van der Waals surface area contributed by atoms with Crippen LogP contribution in [0.3, 0.4) is 0 Å². The lowest BCUT2D eigenvalue weighted by atomic mass is 9.73. The molecule has 3 nitrogen and oxygen atoms in total. The van der Waals surface area contributed by atoms with E-state index in [0.29, 0.717) is 5.02 Å². The van der Waals surface area contributed by atoms with Gasteiger partial charge in [0.15, 0.2) is 0 Å². The van der Waals surface area contributed by atoms with E-state index in [1.165, 1.54) is 0 Å². The molecular weight excluding hydrogens is 224 g/mol. The van der Waals surface area contributed by atoms with Gasteiger partial charge in [-0.3, -0.25) is 4.79 Å². The SMILES string of the molecule is CN1c2c(Cl)cccc2NC(=O)C12CCC2. The Morgan fingerprint density at radius 3 is 2.81 bits per heavy atom. The van der Waals surface area contributed by atoms with Gasteiger partial charge in [-0.15, -0.1) is 0 Å². The third-order valence-electron chi connectivity index (χ3n) is 3.82. The number of carbonyl (C=O) groups is 1. The van der Waals surface area contributed by atoms with Gasteiger partial charge in [0.25, 0.3) is 0 Å². The molecule has 3 rings (SSSR count). The maximum absolute atomic E-state index is 12.1. The Morgan fingerprint density at radius 2 is 2.19 bits per heavy atom. The van der Waals surface area contributed by atoms with Crippen LogP contribution < -0.4 is 10.2 Å². The van der Waals surface area contributed by atoms with Crippen molar-refractivity contribution in [2.24, 2.45) is 0 Å². The molecule has 1 aliphatic carbocycles. The van der Waals surface area contributed by atoms with Crippen LogP contribution in [0.5, 0.6) is 0 Å². The van der Waals surface area contributed by atoms with Crippen molar-refractivity contribution in [1.29, 1.82) is 0 Å². The van der Waals surface area contributed by atoms with E-state index in [-0.39, 0.29) is 11.4 Å². The first kappa shape index (κ1) is 9.97. The van der Waals surface area contributed by atoms with Gasteiger partial charge in [0, 0.05) is 7.05 Å². The first-order chi connectivity index (χ1) is 7.65. The number of rotatable bonds is 0. The summed E-state index contributed by atoms with van der Waals surface area (Å²) in [5.41, 5.74) is 1.42. The second-order valence-electron chi connectivity index (χ2n) is 4.53. The summed E-state index contributed by atoms with van der Waals surface area (Å²) in [5.74, 6) is 0.107. The van der Waals surface area contributed by atoms with Crippen molar-refractivity contribution in [3.05, 3.63) is 23.2 Å². The van der Waals surface area contributed by atoms with E-state index in [1.54, 1.807) is 0 Å². The number of para-hydroxylation sites is 1. The van der Waals surface area contributed by atoms with Crippen LogP contribution in [0.25, 0.3) is 0 Å². The standard InChI is InChI=1S/C12H13ClN2O/c1-15-10-8(13)4-2-5-9(10)14-11(16)12(15)6-3-7-12/h2,4-5H,3,6-7H2,1H3,(H,14,16). The Balaban J connectivity index is 2.15. The third kappa shape index (κ3) is 1.07. The fourth-order valence-electron chi connectivity index (χ4n) is 2.64. The Labute approximate surface area is 99.4 Å². The van der Waals surface area contributed by atoms with Gasteiger partial charge in [0.05, 0.1) is 16.4 Å². The minimum atomic E-state index is -0.349. The van der Waals surface area contributed by atoms with Crippen LogP contribution in [0, 0.1) is 0 Å². The van der Waals surface area contributed by atoms with Crippen molar-refractivity contribution in [3.8, 4) is 0 Å². The predicted octanol–water partition coefficient (Wildman–Crippen LogP) is 2.65. The molecular formula is C12H13ClN2O. The van der Waals surface area contributed by atoms with Gasteiger partial charge in [-0.05, 0) is 31.4 Å². The molecule has 1 spiro atoms. The number of hydrogen-bond acceptors (Lipinski definition) is 2. The highest BCUT2D eigenvalue weighted by molar-refractivity contribution is 6.34. The molecule has 4 heteroatoms. The molecule has 1 aromatic rings. The van der Waals surface area contributed by atoms with E-state index in [4.69, 9.17) is 11.6 Å². The molecule has 1 amide bonds. The zero-order valence-electron chi connectivity index (χ0n) is 9.09. The Bertz CT molecular complexity index is 468. The Kier molecular flexibility index (Phi) is 1.96. The molecule has 1 N–H and O–H groups in total. The predicted molar refractivity (Wildman–Crippen MR) is 65.1 cm³/mol. The molecule has 16 heavy (non-hydrogen) atoms. The van der Waals surface area contributed by atoms with Gasteiger partial charge < -0.3 is 10.2 Å². The average Bonchev–Trinajstić information content (AvgIpc) is 2.14. The van der Waals surface area contributed by atoms with Crippen LogP contribution in [-0.2, 0) is 4.79 Å². The molecule has 0 aromatic heterocycles. The van der Waals surface area contributed by atoms with Crippen LogP contribution in [0.4, 0.5) is 11.4 Å². The van der Waals surface area contributed by atoms with Crippen molar-refractivity contribution >= 4 is 28.9 Å². The minimum absolute atomic E-state index is 0.107. The first-order valence-corrected chi connectivity index (χ1v) is 5.87. The fourth-order valence-corrected chi connectivity index (χ4v) is 2.94. The van der Waals surface area contributed by atoms with Gasteiger partial charge in [-0.2, -0.15) is 0 Å². The Hall–Kier alpha value is -1.22. The molecule has 1 heterocycles. The highest BCUT2D eigenvalue weighted by atomic mass is 35.5. The van der Waals surface area contributed by atoms with Gasteiger partial charge >= 0.3 is 0 Å². The number of anilines is 2. The number of hydrogen-bond donors (Lipinski definition) is 1. The highest BCUT2D eigenvalue weighted by Crippen LogP contribution is 2.48. The number of amides is 1. The number of nitrogens with zero attached hydrogens (tertiary/aromatic N) is 1. The summed E-state index contributed by atoms with van der Waals surface area (Å²) in [7, 11) is 1.96. The summed E-state index contributed by atoms with van der Waals surface area (Å²) in [4.78, 5) is 14.1. The second-order valence-corrected chi connectivity index (χ2v) is 4.94. The number of benzene rings is 1. The first-order valence-electron chi connectivity index (χ1n) is 5.49. The second kappa shape index (κ2) is 3.14. The maximum atomic E-state index is 12.1. The summed E-state index contributed by atoms with van der Waals surface area (Å²) in [6.45, 7) is 0. The van der Waals surface area contributed by atoms with Crippen molar-refractivity contribution in [2.45, 2.75) is 24.8 Å². The van der Waals surface area contributed by atoms with Crippen LogP contribution in [0.1, 0.15) is 19.3 Å². The molecule has 1 aliphatic heterocycles. The third-order valence-corrected chi connectivity index (χ3v) is 4.12.